The third-order valence-electron chi connectivity index (χ3n) is 6.51. The molecule has 9 heteroatoms. The summed E-state index contributed by atoms with van der Waals surface area (Å²) in [5, 5.41) is 0.465. The summed E-state index contributed by atoms with van der Waals surface area (Å²) in [6.45, 7) is 9.06. The minimum atomic E-state index is -4.03. The van der Waals surface area contributed by atoms with E-state index < -0.39 is 10.0 Å². The molecule has 3 atom stereocenters. The smallest absolute Gasteiger partial charge is 0.262 e. The van der Waals surface area contributed by atoms with Gasteiger partial charge in [-0.1, -0.05) is 57.0 Å². The number of anilines is 1. The lowest BCUT2D eigenvalue weighted by Crippen LogP contribution is -2.29. The number of hydrogen-bond donors (Lipinski definition) is 1. The number of rotatable bonds is 7. The van der Waals surface area contributed by atoms with Gasteiger partial charge < -0.3 is 9.47 Å². The van der Waals surface area contributed by atoms with Gasteiger partial charge in [0.2, 0.25) is 5.90 Å². The molecule has 4 rings (SSSR count). The van der Waals surface area contributed by atoms with E-state index in [0.29, 0.717) is 47.3 Å². The standard InChI is InChI=1S/C26H32Cl2N2O4S/c1-15(2)23-14-33-26(29-23)22-6-5-7-24(34-20-9-16(3)8-17(4)10-20)25(22)30-35(31,32)21-12-18(27)11-19(28)13-21/h5-7,11-13,15-17,20,23,30H,8-10,14H2,1-4H3. The van der Waals surface area contributed by atoms with E-state index in [9.17, 15) is 8.42 Å². The number of ether oxygens (including phenoxy) is 2. The van der Waals surface area contributed by atoms with Crippen LogP contribution < -0.4 is 9.46 Å². The molecule has 0 spiro atoms. The van der Waals surface area contributed by atoms with E-state index in [4.69, 9.17) is 37.7 Å². The van der Waals surface area contributed by atoms with Crippen molar-refractivity contribution in [2.24, 2.45) is 22.7 Å². The lowest BCUT2D eigenvalue weighted by Gasteiger charge is -2.32. The molecule has 1 saturated carbocycles. The first-order chi connectivity index (χ1) is 16.5. The van der Waals surface area contributed by atoms with Crippen LogP contribution in [0.15, 0.2) is 46.3 Å². The van der Waals surface area contributed by atoms with Crippen molar-refractivity contribution in [1.29, 1.82) is 0 Å². The van der Waals surface area contributed by atoms with Crippen LogP contribution in [0.4, 0.5) is 5.69 Å². The lowest BCUT2D eigenvalue weighted by molar-refractivity contribution is 0.102. The molecule has 0 bridgehead atoms. The van der Waals surface area contributed by atoms with Gasteiger partial charge in [0, 0.05) is 10.0 Å². The maximum atomic E-state index is 13.4. The zero-order valence-corrected chi connectivity index (χ0v) is 22.8. The van der Waals surface area contributed by atoms with Gasteiger partial charge in [-0.2, -0.15) is 0 Å². The third kappa shape index (κ3) is 6.25. The van der Waals surface area contributed by atoms with E-state index in [1.54, 1.807) is 12.1 Å². The molecule has 1 aliphatic carbocycles. The maximum absolute atomic E-state index is 13.4. The summed E-state index contributed by atoms with van der Waals surface area (Å²) in [5.74, 6) is 2.22. The Hall–Kier alpha value is -1.96. The Labute approximate surface area is 218 Å². The van der Waals surface area contributed by atoms with Crippen molar-refractivity contribution in [1.82, 2.24) is 0 Å². The van der Waals surface area contributed by atoms with Crippen molar-refractivity contribution in [3.63, 3.8) is 0 Å². The van der Waals surface area contributed by atoms with Crippen molar-refractivity contribution < 1.29 is 17.9 Å². The van der Waals surface area contributed by atoms with Crippen LogP contribution in [0.1, 0.15) is 52.5 Å². The fraction of sp³-hybridized carbons (Fsp3) is 0.500. The molecule has 2 aromatic carbocycles. The Balaban J connectivity index is 1.75. The molecule has 2 aromatic rings. The number of benzene rings is 2. The second kappa shape index (κ2) is 10.6. The molecular formula is C26H32Cl2N2O4S. The van der Waals surface area contributed by atoms with E-state index in [0.717, 1.165) is 19.3 Å². The van der Waals surface area contributed by atoms with Crippen LogP contribution in [0.3, 0.4) is 0 Å². The van der Waals surface area contributed by atoms with Crippen LogP contribution in [0, 0.1) is 17.8 Å². The van der Waals surface area contributed by atoms with Crippen molar-refractivity contribution in [2.45, 2.75) is 64.0 Å². The van der Waals surface area contributed by atoms with Gasteiger partial charge in [-0.3, -0.25) is 4.72 Å². The summed E-state index contributed by atoms with van der Waals surface area (Å²) in [4.78, 5) is 4.69. The SMILES string of the molecule is CC1CC(C)CC(Oc2cccc(C3=NC(C(C)C)CO3)c2NS(=O)(=O)c2cc(Cl)cc(Cl)c2)C1. The highest BCUT2D eigenvalue weighted by Gasteiger charge is 2.30. The summed E-state index contributed by atoms with van der Waals surface area (Å²) >= 11 is 12.2. The fourth-order valence-corrected chi connectivity index (χ4v) is 6.63. The number of para-hydroxylation sites is 1. The van der Waals surface area contributed by atoms with E-state index >= 15 is 0 Å². The minimum absolute atomic E-state index is 0.00538. The van der Waals surface area contributed by atoms with E-state index in [1.807, 2.05) is 6.07 Å². The number of aliphatic imine (C=N–C) groups is 1. The highest BCUT2D eigenvalue weighted by Crippen LogP contribution is 2.38. The number of sulfonamides is 1. The topological polar surface area (TPSA) is 77.0 Å². The minimum Gasteiger partial charge on any atom is -0.488 e. The van der Waals surface area contributed by atoms with Gasteiger partial charge in [-0.15, -0.1) is 0 Å². The zero-order chi connectivity index (χ0) is 25.3. The van der Waals surface area contributed by atoms with Crippen LogP contribution in [-0.4, -0.2) is 33.1 Å². The Morgan fingerprint density at radius 2 is 1.71 bits per heavy atom. The van der Waals surface area contributed by atoms with Crippen LogP contribution in [0.2, 0.25) is 10.0 Å². The Morgan fingerprint density at radius 1 is 1.06 bits per heavy atom. The molecule has 1 aliphatic heterocycles. The maximum Gasteiger partial charge on any atom is 0.262 e. The van der Waals surface area contributed by atoms with Gasteiger partial charge in [0.1, 0.15) is 18.0 Å². The van der Waals surface area contributed by atoms with Gasteiger partial charge in [0.25, 0.3) is 10.0 Å². The Bertz CT molecular complexity index is 1190. The first kappa shape index (κ1) is 26.1. The van der Waals surface area contributed by atoms with Gasteiger partial charge in [0.15, 0.2) is 0 Å². The summed E-state index contributed by atoms with van der Waals surface area (Å²) < 4.78 is 41.9. The second-order valence-corrected chi connectivity index (χ2v) is 12.7. The monoisotopic (exact) mass is 538 g/mol. The summed E-state index contributed by atoms with van der Waals surface area (Å²) in [7, 11) is -4.03. The third-order valence-corrected chi connectivity index (χ3v) is 8.28. The molecule has 0 saturated heterocycles. The highest BCUT2D eigenvalue weighted by molar-refractivity contribution is 7.92. The second-order valence-electron chi connectivity index (χ2n) is 10.1. The fourth-order valence-electron chi connectivity index (χ4n) is 4.82. The predicted octanol–water partition coefficient (Wildman–Crippen LogP) is 6.80. The normalized spacial score (nSPS) is 24.7. The first-order valence-electron chi connectivity index (χ1n) is 12.0. The van der Waals surface area contributed by atoms with Gasteiger partial charge >= 0.3 is 0 Å². The number of nitrogens with zero attached hydrogens (tertiary/aromatic N) is 1. The number of halogens is 2. The zero-order valence-electron chi connectivity index (χ0n) is 20.4. The summed E-state index contributed by atoms with van der Waals surface area (Å²) in [6, 6.07) is 9.64. The van der Waals surface area contributed by atoms with Gasteiger partial charge in [-0.25, -0.2) is 13.4 Å². The van der Waals surface area contributed by atoms with Gasteiger partial charge in [0.05, 0.1) is 22.6 Å². The van der Waals surface area contributed by atoms with Crippen LogP contribution in [0.5, 0.6) is 5.75 Å². The molecule has 1 heterocycles. The molecule has 190 valence electrons. The van der Waals surface area contributed by atoms with Crippen molar-refractivity contribution >= 4 is 44.8 Å². The number of nitrogens with one attached hydrogen (secondary N) is 1. The molecule has 6 nitrogen and oxygen atoms in total. The molecular weight excluding hydrogens is 507 g/mol. The predicted molar refractivity (Wildman–Crippen MR) is 141 cm³/mol. The average Bonchev–Trinajstić information content (AvgIpc) is 3.24. The Morgan fingerprint density at radius 3 is 2.31 bits per heavy atom. The molecule has 0 aromatic heterocycles. The van der Waals surface area contributed by atoms with Crippen molar-refractivity contribution in [3.8, 4) is 5.75 Å². The van der Waals surface area contributed by atoms with Crippen LogP contribution in [0.25, 0.3) is 0 Å². The summed E-state index contributed by atoms with van der Waals surface area (Å²) in [5.41, 5.74) is 0.844. The number of hydrogen-bond acceptors (Lipinski definition) is 5. The van der Waals surface area contributed by atoms with Gasteiger partial charge in [-0.05, 0) is 67.3 Å². The van der Waals surface area contributed by atoms with Crippen LogP contribution >= 0.6 is 23.2 Å². The molecule has 0 radical (unpaired) electrons. The van der Waals surface area contributed by atoms with Crippen LogP contribution in [-0.2, 0) is 14.8 Å². The van der Waals surface area contributed by atoms with Crippen molar-refractivity contribution in [2.75, 3.05) is 11.3 Å². The molecule has 3 unspecified atom stereocenters. The van der Waals surface area contributed by atoms with E-state index in [-0.39, 0.29) is 27.1 Å². The average molecular weight is 540 g/mol. The summed E-state index contributed by atoms with van der Waals surface area (Å²) in [6.07, 6.45) is 2.98. The molecule has 1 fully saturated rings. The lowest BCUT2D eigenvalue weighted by atomic mass is 9.82. The van der Waals surface area contributed by atoms with E-state index in [1.165, 1.54) is 18.2 Å². The highest BCUT2D eigenvalue weighted by atomic mass is 35.5. The largest absolute Gasteiger partial charge is 0.488 e. The molecule has 35 heavy (non-hydrogen) atoms. The quantitative estimate of drug-likeness (QED) is 0.420. The van der Waals surface area contributed by atoms with E-state index in [2.05, 4.69) is 32.4 Å². The Kier molecular flexibility index (Phi) is 7.89. The molecule has 0 amide bonds. The van der Waals surface area contributed by atoms with Crippen molar-refractivity contribution in [3.05, 3.63) is 52.0 Å². The molecule has 2 aliphatic rings. The first-order valence-corrected chi connectivity index (χ1v) is 14.2. The molecule has 1 N–H and O–H groups in total.